The number of hydrogen-bond donors (Lipinski definition) is 2. The first-order valence-corrected chi connectivity index (χ1v) is 7.37. The highest BCUT2D eigenvalue weighted by molar-refractivity contribution is 6.00. The van der Waals surface area contributed by atoms with Crippen LogP contribution in [0.4, 0.5) is 5.69 Å². The van der Waals surface area contributed by atoms with E-state index < -0.39 is 11.5 Å². The number of nitrogens with zero attached hydrogens (tertiary/aromatic N) is 1. The molecule has 1 fully saturated rings. The average molecular weight is 290 g/mol. The van der Waals surface area contributed by atoms with Crippen molar-refractivity contribution >= 4 is 17.6 Å². The summed E-state index contributed by atoms with van der Waals surface area (Å²) in [6.07, 6.45) is 3.64. The Morgan fingerprint density at radius 2 is 2.00 bits per heavy atom. The molecule has 1 unspecified atom stereocenters. The van der Waals surface area contributed by atoms with E-state index in [1.165, 1.54) is 12.1 Å². The highest BCUT2D eigenvalue weighted by Gasteiger charge is 2.41. The van der Waals surface area contributed by atoms with E-state index in [-0.39, 0.29) is 11.5 Å². The van der Waals surface area contributed by atoms with E-state index in [2.05, 4.69) is 12.2 Å². The third-order valence-corrected chi connectivity index (χ3v) is 4.14. The van der Waals surface area contributed by atoms with Crippen molar-refractivity contribution in [3.63, 3.8) is 0 Å². The second kappa shape index (κ2) is 6.26. The van der Waals surface area contributed by atoms with E-state index in [9.17, 15) is 9.59 Å². The fourth-order valence-electron chi connectivity index (χ4n) is 3.00. The van der Waals surface area contributed by atoms with E-state index in [1.807, 2.05) is 0 Å². The number of carboxylic acid groups (broad SMARTS) is 1. The zero-order valence-electron chi connectivity index (χ0n) is 12.6. The summed E-state index contributed by atoms with van der Waals surface area (Å²) < 4.78 is 0. The number of carbonyl (C=O) groups is 2. The minimum Gasteiger partial charge on any atom is -0.478 e. The third-order valence-electron chi connectivity index (χ3n) is 4.14. The van der Waals surface area contributed by atoms with Gasteiger partial charge >= 0.3 is 5.97 Å². The number of nitrogens with one attached hydrogen (secondary N) is 1. The summed E-state index contributed by atoms with van der Waals surface area (Å²) in [5.74, 6) is -0.902. The Labute approximate surface area is 125 Å². The molecule has 1 aliphatic heterocycles. The molecule has 1 amide bonds. The molecule has 21 heavy (non-hydrogen) atoms. The van der Waals surface area contributed by atoms with Gasteiger partial charge in [0.05, 0.1) is 11.1 Å². The van der Waals surface area contributed by atoms with E-state index in [0.29, 0.717) is 5.69 Å². The van der Waals surface area contributed by atoms with Crippen molar-refractivity contribution in [3.8, 4) is 0 Å². The molecule has 114 valence electrons. The fraction of sp³-hybridized carbons (Fsp3) is 0.500. The van der Waals surface area contributed by atoms with Gasteiger partial charge in [-0.15, -0.1) is 0 Å². The van der Waals surface area contributed by atoms with Gasteiger partial charge in [0, 0.05) is 12.7 Å². The number of anilines is 1. The molecular weight excluding hydrogens is 268 g/mol. The molecular formula is C16H22N2O3. The molecule has 1 saturated heterocycles. The number of aromatic carboxylic acids is 1. The second-order valence-corrected chi connectivity index (χ2v) is 5.58. The van der Waals surface area contributed by atoms with E-state index in [0.717, 1.165) is 32.2 Å². The van der Waals surface area contributed by atoms with Crippen LogP contribution in [0.2, 0.25) is 0 Å². The molecule has 0 aliphatic carbocycles. The lowest BCUT2D eigenvalue weighted by Gasteiger charge is -2.32. The maximum atomic E-state index is 12.8. The average Bonchev–Trinajstić information content (AvgIpc) is 2.96. The van der Waals surface area contributed by atoms with Crippen LogP contribution in [0, 0.1) is 0 Å². The van der Waals surface area contributed by atoms with Gasteiger partial charge in [-0.2, -0.15) is 0 Å². The molecule has 2 rings (SSSR count). The first-order valence-electron chi connectivity index (χ1n) is 7.37. The largest absolute Gasteiger partial charge is 0.478 e. The van der Waals surface area contributed by atoms with Crippen molar-refractivity contribution in [2.75, 3.05) is 18.5 Å². The smallest absolute Gasteiger partial charge is 0.335 e. The summed E-state index contributed by atoms with van der Waals surface area (Å²) >= 11 is 0. The van der Waals surface area contributed by atoms with Crippen LogP contribution in [-0.2, 0) is 4.79 Å². The molecule has 1 atom stereocenters. The maximum Gasteiger partial charge on any atom is 0.335 e. The Morgan fingerprint density at radius 1 is 1.33 bits per heavy atom. The van der Waals surface area contributed by atoms with Gasteiger partial charge < -0.3 is 15.3 Å². The lowest BCUT2D eigenvalue weighted by molar-refractivity contribution is -0.124. The number of likely N-dealkylation sites (N-methyl/N-ethyl adjacent to an activating group) is 1. The fourth-order valence-corrected chi connectivity index (χ4v) is 3.00. The Balaban J connectivity index is 2.19. The SMILES string of the molecule is CCCC1(C(=O)N(C)c2ccc(C(=O)O)cc2)CCCN1. The van der Waals surface area contributed by atoms with Crippen molar-refractivity contribution < 1.29 is 14.7 Å². The number of amides is 1. The summed E-state index contributed by atoms with van der Waals surface area (Å²) in [7, 11) is 1.75. The Hall–Kier alpha value is -1.88. The molecule has 0 radical (unpaired) electrons. The Bertz CT molecular complexity index is 519. The van der Waals surface area contributed by atoms with Crippen molar-refractivity contribution in [1.82, 2.24) is 5.32 Å². The highest BCUT2D eigenvalue weighted by Crippen LogP contribution is 2.28. The predicted molar refractivity (Wildman–Crippen MR) is 81.7 cm³/mol. The molecule has 0 aromatic heterocycles. The van der Waals surface area contributed by atoms with Gasteiger partial charge in [-0.05, 0) is 50.1 Å². The van der Waals surface area contributed by atoms with Crippen LogP contribution in [-0.4, -0.2) is 36.1 Å². The minimum absolute atomic E-state index is 0.0601. The van der Waals surface area contributed by atoms with Crippen LogP contribution < -0.4 is 10.2 Å². The molecule has 0 spiro atoms. The molecule has 5 heteroatoms. The maximum absolute atomic E-state index is 12.8. The molecule has 1 aliphatic rings. The van der Waals surface area contributed by atoms with Crippen molar-refractivity contribution in [2.24, 2.45) is 0 Å². The van der Waals surface area contributed by atoms with E-state index in [4.69, 9.17) is 5.11 Å². The number of carboxylic acids is 1. The summed E-state index contributed by atoms with van der Waals surface area (Å²) in [5, 5.41) is 12.3. The Morgan fingerprint density at radius 3 is 2.48 bits per heavy atom. The van der Waals surface area contributed by atoms with Crippen LogP contribution in [0.15, 0.2) is 24.3 Å². The zero-order chi connectivity index (χ0) is 15.5. The first-order chi connectivity index (χ1) is 10.00. The normalized spacial score (nSPS) is 21.2. The molecule has 1 aromatic carbocycles. The molecule has 1 heterocycles. The Kier molecular flexibility index (Phi) is 4.63. The van der Waals surface area contributed by atoms with Crippen LogP contribution in [0.25, 0.3) is 0 Å². The molecule has 0 bridgehead atoms. The molecule has 5 nitrogen and oxygen atoms in total. The summed E-state index contributed by atoms with van der Waals surface area (Å²) in [6, 6.07) is 6.40. The predicted octanol–water partition coefficient (Wildman–Crippen LogP) is 2.27. The van der Waals surface area contributed by atoms with Crippen molar-refractivity contribution in [3.05, 3.63) is 29.8 Å². The van der Waals surface area contributed by atoms with Crippen LogP contribution in [0.3, 0.4) is 0 Å². The van der Waals surface area contributed by atoms with Gasteiger partial charge in [0.2, 0.25) is 5.91 Å². The van der Waals surface area contributed by atoms with Gasteiger partial charge in [0.25, 0.3) is 0 Å². The minimum atomic E-state index is -0.963. The summed E-state index contributed by atoms with van der Waals surface area (Å²) in [6.45, 7) is 2.95. The zero-order valence-corrected chi connectivity index (χ0v) is 12.6. The monoisotopic (exact) mass is 290 g/mol. The van der Waals surface area contributed by atoms with Crippen molar-refractivity contribution in [2.45, 2.75) is 38.1 Å². The lowest BCUT2D eigenvalue weighted by atomic mass is 9.90. The third kappa shape index (κ3) is 3.08. The van der Waals surface area contributed by atoms with Crippen LogP contribution in [0.1, 0.15) is 43.0 Å². The van der Waals surface area contributed by atoms with E-state index in [1.54, 1.807) is 24.1 Å². The summed E-state index contributed by atoms with van der Waals surface area (Å²) in [5.41, 5.74) is 0.477. The van der Waals surface area contributed by atoms with Gasteiger partial charge in [0.1, 0.15) is 0 Å². The van der Waals surface area contributed by atoms with Gasteiger partial charge in [-0.25, -0.2) is 4.79 Å². The number of rotatable bonds is 5. The van der Waals surface area contributed by atoms with Crippen molar-refractivity contribution in [1.29, 1.82) is 0 Å². The topological polar surface area (TPSA) is 69.6 Å². The molecule has 2 N–H and O–H groups in total. The van der Waals surface area contributed by atoms with Crippen LogP contribution >= 0.6 is 0 Å². The molecule has 0 saturated carbocycles. The first kappa shape index (κ1) is 15.5. The lowest BCUT2D eigenvalue weighted by Crippen LogP contribution is -2.54. The van der Waals surface area contributed by atoms with Crippen LogP contribution in [0.5, 0.6) is 0 Å². The van der Waals surface area contributed by atoms with Gasteiger partial charge in [-0.3, -0.25) is 4.79 Å². The second-order valence-electron chi connectivity index (χ2n) is 5.58. The summed E-state index contributed by atoms with van der Waals surface area (Å²) in [4.78, 5) is 25.3. The highest BCUT2D eigenvalue weighted by atomic mass is 16.4. The van der Waals surface area contributed by atoms with E-state index >= 15 is 0 Å². The van der Waals surface area contributed by atoms with Gasteiger partial charge in [-0.1, -0.05) is 13.3 Å². The number of benzene rings is 1. The van der Waals surface area contributed by atoms with Gasteiger partial charge in [0.15, 0.2) is 0 Å². The quantitative estimate of drug-likeness (QED) is 0.873. The standard InChI is InChI=1S/C16H22N2O3/c1-3-9-16(10-4-11-17-16)15(21)18(2)13-7-5-12(6-8-13)14(19)20/h5-8,17H,3-4,9-11H2,1-2H3,(H,19,20). The molecule has 1 aromatic rings. The number of hydrogen-bond acceptors (Lipinski definition) is 3. The number of carbonyl (C=O) groups excluding carboxylic acids is 1.